The predicted molar refractivity (Wildman–Crippen MR) is 58.4 cm³/mol. The van der Waals surface area contributed by atoms with Crippen molar-refractivity contribution in [2.45, 2.75) is 20.0 Å². The number of esters is 1. The highest BCUT2D eigenvalue weighted by Crippen LogP contribution is 2.24. The highest BCUT2D eigenvalue weighted by molar-refractivity contribution is 6.31. The fraction of sp³-hybridized carbons (Fsp3) is 0.364. The first-order valence-corrected chi connectivity index (χ1v) is 5.29. The Morgan fingerprint density at radius 3 is 2.71 bits per heavy atom. The molecule has 1 aromatic rings. The van der Waals surface area contributed by atoms with Gasteiger partial charge in [0.15, 0.2) is 0 Å². The fourth-order valence-corrected chi connectivity index (χ4v) is 1.45. The summed E-state index contributed by atoms with van der Waals surface area (Å²) < 4.78 is 32.8. The number of carbonyl (C=O) groups excluding carboxylic acids is 1. The lowest BCUT2D eigenvalue weighted by molar-refractivity contribution is -0.142. The van der Waals surface area contributed by atoms with Crippen molar-refractivity contribution in [1.29, 1.82) is 0 Å². The maximum Gasteiger partial charge on any atom is 0.387 e. The molecule has 0 aliphatic heterocycles. The average Bonchev–Trinajstić information content (AvgIpc) is 2.21. The summed E-state index contributed by atoms with van der Waals surface area (Å²) in [5.41, 5.74) is 0.506. The summed E-state index contributed by atoms with van der Waals surface area (Å²) in [5.74, 6) is -0.463. The summed E-state index contributed by atoms with van der Waals surface area (Å²) in [6, 6.07) is 4.02. The Labute approximate surface area is 102 Å². The van der Waals surface area contributed by atoms with Gasteiger partial charge < -0.3 is 9.47 Å². The van der Waals surface area contributed by atoms with E-state index in [9.17, 15) is 13.6 Å². The molecule has 1 rings (SSSR count). The van der Waals surface area contributed by atoms with E-state index in [-0.39, 0.29) is 23.8 Å². The van der Waals surface area contributed by atoms with E-state index in [0.717, 1.165) is 0 Å². The summed E-state index contributed by atoms with van der Waals surface area (Å²) in [4.78, 5) is 11.2. The van der Waals surface area contributed by atoms with Crippen molar-refractivity contribution in [2.75, 3.05) is 6.61 Å². The number of halogens is 3. The molecule has 0 bridgehead atoms. The van der Waals surface area contributed by atoms with Gasteiger partial charge in [0.2, 0.25) is 0 Å². The van der Waals surface area contributed by atoms with E-state index in [0.29, 0.717) is 5.56 Å². The summed E-state index contributed by atoms with van der Waals surface area (Å²) >= 11 is 5.82. The molecule has 0 radical (unpaired) electrons. The Hall–Kier alpha value is -1.36. The molecule has 0 fully saturated rings. The molecule has 0 saturated heterocycles. The average molecular weight is 265 g/mol. The molecule has 0 spiro atoms. The third-order valence-electron chi connectivity index (χ3n) is 1.89. The van der Waals surface area contributed by atoms with Crippen molar-refractivity contribution in [3.63, 3.8) is 0 Å². The van der Waals surface area contributed by atoms with E-state index in [1.54, 1.807) is 6.92 Å². The largest absolute Gasteiger partial charge is 0.466 e. The van der Waals surface area contributed by atoms with Crippen LogP contribution in [0.25, 0.3) is 0 Å². The van der Waals surface area contributed by atoms with Crippen LogP contribution in [0.1, 0.15) is 12.5 Å². The molecule has 0 aromatic heterocycles. The van der Waals surface area contributed by atoms with Crippen LogP contribution in [0.5, 0.6) is 5.75 Å². The van der Waals surface area contributed by atoms with Gasteiger partial charge in [0.25, 0.3) is 0 Å². The first-order valence-electron chi connectivity index (χ1n) is 4.91. The summed E-state index contributed by atoms with van der Waals surface area (Å²) in [7, 11) is 0. The SMILES string of the molecule is CCOC(=O)Cc1ccc(OC(F)F)cc1Cl. The van der Waals surface area contributed by atoms with Gasteiger partial charge in [-0.15, -0.1) is 0 Å². The van der Waals surface area contributed by atoms with Gasteiger partial charge in [-0.25, -0.2) is 0 Å². The van der Waals surface area contributed by atoms with Gasteiger partial charge in [0, 0.05) is 5.02 Å². The third-order valence-corrected chi connectivity index (χ3v) is 2.24. The van der Waals surface area contributed by atoms with Crippen LogP contribution in [-0.4, -0.2) is 19.2 Å². The summed E-state index contributed by atoms with van der Waals surface area (Å²) in [5, 5.41) is 0.191. The molecule has 0 atom stereocenters. The Balaban J connectivity index is 2.72. The minimum absolute atomic E-state index is 0.00162. The van der Waals surface area contributed by atoms with Gasteiger partial charge in [0.05, 0.1) is 13.0 Å². The number of hydrogen-bond donors (Lipinski definition) is 0. The number of carbonyl (C=O) groups is 1. The lowest BCUT2D eigenvalue weighted by Gasteiger charge is -2.08. The van der Waals surface area contributed by atoms with E-state index in [2.05, 4.69) is 4.74 Å². The zero-order chi connectivity index (χ0) is 12.8. The molecule has 0 unspecified atom stereocenters. The van der Waals surface area contributed by atoms with Crippen molar-refractivity contribution in [1.82, 2.24) is 0 Å². The molecule has 0 aliphatic rings. The molecule has 0 aliphatic carbocycles. The molecule has 0 amide bonds. The number of hydrogen-bond acceptors (Lipinski definition) is 3. The van der Waals surface area contributed by atoms with Crippen LogP contribution in [0.3, 0.4) is 0 Å². The van der Waals surface area contributed by atoms with Crippen LogP contribution in [0, 0.1) is 0 Å². The van der Waals surface area contributed by atoms with Crippen molar-refractivity contribution in [3.05, 3.63) is 28.8 Å². The van der Waals surface area contributed by atoms with Gasteiger partial charge in [-0.3, -0.25) is 4.79 Å². The van der Waals surface area contributed by atoms with E-state index >= 15 is 0 Å². The molecular weight excluding hydrogens is 254 g/mol. The zero-order valence-electron chi connectivity index (χ0n) is 9.08. The van der Waals surface area contributed by atoms with Gasteiger partial charge in [0.1, 0.15) is 5.75 Å². The Kier molecular flexibility index (Phi) is 5.15. The summed E-state index contributed by atoms with van der Waals surface area (Å²) in [6.07, 6.45) is 0.00162. The highest BCUT2D eigenvalue weighted by atomic mass is 35.5. The second kappa shape index (κ2) is 6.39. The molecule has 3 nitrogen and oxygen atoms in total. The monoisotopic (exact) mass is 264 g/mol. The second-order valence-electron chi connectivity index (χ2n) is 3.11. The van der Waals surface area contributed by atoms with Crippen LogP contribution < -0.4 is 4.74 Å². The van der Waals surface area contributed by atoms with Crippen LogP contribution >= 0.6 is 11.6 Å². The molecule has 0 heterocycles. The van der Waals surface area contributed by atoms with E-state index in [1.165, 1.54) is 18.2 Å². The minimum Gasteiger partial charge on any atom is -0.466 e. The number of ether oxygens (including phenoxy) is 2. The van der Waals surface area contributed by atoms with E-state index in [4.69, 9.17) is 16.3 Å². The summed E-state index contributed by atoms with van der Waals surface area (Å²) in [6.45, 7) is -0.927. The smallest absolute Gasteiger partial charge is 0.387 e. The van der Waals surface area contributed by atoms with Crippen molar-refractivity contribution < 1.29 is 23.0 Å². The third kappa shape index (κ3) is 4.56. The van der Waals surface area contributed by atoms with E-state index in [1.807, 2.05) is 0 Å². The molecule has 17 heavy (non-hydrogen) atoms. The molecule has 0 saturated carbocycles. The van der Waals surface area contributed by atoms with Crippen LogP contribution in [-0.2, 0) is 16.0 Å². The fourth-order valence-electron chi connectivity index (χ4n) is 1.22. The molecule has 1 aromatic carbocycles. The van der Waals surface area contributed by atoms with Gasteiger partial charge >= 0.3 is 12.6 Å². The van der Waals surface area contributed by atoms with Crippen LogP contribution in [0.15, 0.2) is 18.2 Å². The minimum atomic E-state index is -2.90. The van der Waals surface area contributed by atoms with Crippen molar-refractivity contribution >= 4 is 17.6 Å². The lowest BCUT2D eigenvalue weighted by Crippen LogP contribution is -2.08. The van der Waals surface area contributed by atoms with Gasteiger partial charge in [-0.05, 0) is 24.6 Å². The van der Waals surface area contributed by atoms with Crippen molar-refractivity contribution in [2.24, 2.45) is 0 Å². The second-order valence-corrected chi connectivity index (χ2v) is 3.52. The number of alkyl halides is 2. The molecule has 0 N–H and O–H groups in total. The molecule has 94 valence electrons. The molecular formula is C11H11ClF2O3. The predicted octanol–water partition coefficient (Wildman–Crippen LogP) is 3.05. The quantitative estimate of drug-likeness (QED) is 0.767. The first kappa shape index (κ1) is 13.7. The Morgan fingerprint density at radius 1 is 1.47 bits per heavy atom. The maximum atomic E-state index is 11.9. The number of benzene rings is 1. The topological polar surface area (TPSA) is 35.5 Å². The normalized spacial score (nSPS) is 10.4. The number of rotatable bonds is 5. The van der Waals surface area contributed by atoms with E-state index < -0.39 is 12.6 Å². The zero-order valence-corrected chi connectivity index (χ0v) is 9.84. The Morgan fingerprint density at radius 2 is 2.18 bits per heavy atom. The molecule has 6 heteroatoms. The standard InChI is InChI=1S/C11H11ClF2O3/c1-2-16-10(15)5-7-3-4-8(6-9(7)12)17-11(13)14/h3-4,6,11H,2,5H2,1H3. The first-order chi connectivity index (χ1) is 8.02. The maximum absolute atomic E-state index is 11.9. The van der Waals surface area contributed by atoms with Crippen LogP contribution in [0.4, 0.5) is 8.78 Å². The van der Waals surface area contributed by atoms with Gasteiger partial charge in [-0.1, -0.05) is 17.7 Å². The highest BCUT2D eigenvalue weighted by Gasteiger charge is 2.10. The lowest BCUT2D eigenvalue weighted by atomic mass is 10.1. The van der Waals surface area contributed by atoms with Gasteiger partial charge in [-0.2, -0.15) is 8.78 Å². The Bertz CT molecular complexity index is 396. The van der Waals surface area contributed by atoms with Crippen molar-refractivity contribution in [3.8, 4) is 5.75 Å². The van der Waals surface area contributed by atoms with Crippen LogP contribution in [0.2, 0.25) is 5.02 Å².